The van der Waals surface area contributed by atoms with Gasteiger partial charge in [-0.15, -0.1) is 0 Å². The van der Waals surface area contributed by atoms with Crippen LogP contribution in [0.4, 0.5) is 0 Å². The third-order valence-electron chi connectivity index (χ3n) is 0. The largest absolute Gasteiger partial charge is 0.397 e. The maximum absolute atomic E-state index is 7.57. The highest BCUT2D eigenvalue weighted by Crippen LogP contribution is 1.30. The lowest BCUT2D eigenvalue weighted by molar-refractivity contribution is 0.318. The van der Waals surface area contributed by atoms with Gasteiger partial charge < -0.3 is 16.4 Å². The highest BCUT2D eigenvalue weighted by Gasteiger charge is 1.34. The van der Waals surface area contributed by atoms with Crippen LogP contribution in [0.3, 0.4) is 0 Å². The van der Waals surface area contributed by atoms with Crippen LogP contribution in [0, 0.1) is 0 Å². The molecule has 0 aromatic heterocycles. The van der Waals surface area contributed by atoms with Crippen LogP contribution >= 0.6 is 0 Å². The molecule has 0 atom stereocenters. The molecule has 0 aromatic rings. The molecule has 7 heavy (non-hydrogen) atoms. The van der Waals surface area contributed by atoms with Crippen molar-refractivity contribution in [3.63, 3.8) is 0 Å². The fraction of sp³-hybridized carbons (Fsp3) is 1.00. The molecule has 0 unspecified atom stereocenters. The Morgan fingerprint density at radius 3 is 1.00 bits per heavy atom. The van der Waals surface area contributed by atoms with Crippen LogP contribution < -0.4 is 6.15 Å². The third kappa shape index (κ3) is 6150. The van der Waals surface area contributed by atoms with Crippen LogP contribution in [-0.2, 0) is 0 Å². The van der Waals surface area contributed by atoms with E-state index in [0.717, 1.165) is 0 Å². The predicted octanol–water partition coefficient (Wildman–Crippen LogP) is 0.373. The summed E-state index contributed by atoms with van der Waals surface area (Å²) in [4.78, 5) is 0. The van der Waals surface area contributed by atoms with Crippen molar-refractivity contribution >= 4 is 0 Å². The van der Waals surface area contributed by atoms with Crippen LogP contribution in [0.1, 0.15) is 13.8 Å². The minimum absolute atomic E-state index is 0. The van der Waals surface area contributed by atoms with Crippen molar-refractivity contribution in [2.75, 3.05) is 13.2 Å². The van der Waals surface area contributed by atoms with E-state index in [1.54, 1.807) is 13.8 Å². The number of rotatable bonds is 0. The average Bonchev–Trinajstić information content (AvgIpc) is 1.39. The molecule has 0 aliphatic carbocycles. The highest BCUT2D eigenvalue weighted by atomic mass is 16.3. The quantitative estimate of drug-likeness (QED) is 0.421. The smallest absolute Gasteiger partial charge is 0.0402 e. The van der Waals surface area contributed by atoms with E-state index in [4.69, 9.17) is 10.2 Å². The molecule has 0 bridgehead atoms. The first kappa shape index (κ1) is 15.8. The third-order valence-corrected chi connectivity index (χ3v) is 0. The number of aliphatic hydroxyl groups is 2. The van der Waals surface area contributed by atoms with E-state index in [-0.39, 0.29) is 19.4 Å². The van der Waals surface area contributed by atoms with Gasteiger partial charge in [-0.1, -0.05) is 0 Å². The summed E-state index contributed by atoms with van der Waals surface area (Å²) < 4.78 is 0. The van der Waals surface area contributed by atoms with Gasteiger partial charge in [-0.05, 0) is 13.8 Å². The van der Waals surface area contributed by atoms with Crippen molar-refractivity contribution in [1.29, 1.82) is 0 Å². The maximum atomic E-state index is 7.57. The lowest BCUT2D eigenvalue weighted by Crippen LogP contribution is -1.57. The van der Waals surface area contributed by atoms with E-state index in [1.807, 2.05) is 0 Å². The zero-order chi connectivity index (χ0) is 5.41. The van der Waals surface area contributed by atoms with Crippen molar-refractivity contribution in [1.82, 2.24) is 6.15 Å². The molecule has 0 aliphatic rings. The van der Waals surface area contributed by atoms with E-state index in [9.17, 15) is 0 Å². The summed E-state index contributed by atoms with van der Waals surface area (Å²) in [5.74, 6) is 0. The summed E-state index contributed by atoms with van der Waals surface area (Å²) >= 11 is 0. The van der Waals surface area contributed by atoms with Gasteiger partial charge in [-0.3, -0.25) is 0 Å². The first-order chi connectivity index (χ1) is 2.83. The molecule has 3 heteroatoms. The lowest BCUT2D eigenvalue weighted by atomic mass is 10.9. The van der Waals surface area contributed by atoms with Crippen LogP contribution in [0.2, 0.25) is 0 Å². The Hall–Kier alpha value is -0.120. The molecular weight excluding hydrogens is 94.0 g/mol. The molecular formula is C4H16NO2+. The Morgan fingerprint density at radius 1 is 1.00 bits per heavy atom. The summed E-state index contributed by atoms with van der Waals surface area (Å²) in [6, 6.07) is 0. The summed E-state index contributed by atoms with van der Waals surface area (Å²) in [7, 11) is 0. The van der Waals surface area contributed by atoms with Crippen LogP contribution in [-0.4, -0.2) is 23.4 Å². The number of hydrogen-bond acceptors (Lipinski definition) is 2. The Balaban J connectivity index is -0.0000000400. The second-order valence-corrected chi connectivity index (χ2v) is 0.632. The molecule has 0 rings (SSSR count). The Kier molecular flexibility index (Phi) is 89.4. The number of aliphatic hydroxyl groups excluding tert-OH is 2. The van der Waals surface area contributed by atoms with Gasteiger partial charge in [-0.2, -0.15) is 0 Å². The molecule has 0 heterocycles. The van der Waals surface area contributed by atoms with Crippen LogP contribution in [0.5, 0.6) is 0 Å². The SMILES string of the molecule is CCO.CCO.[NH4+]. The maximum Gasteiger partial charge on any atom is 0.0402 e. The van der Waals surface area contributed by atoms with Gasteiger partial charge in [-0.25, -0.2) is 0 Å². The number of hydrogen-bond donors (Lipinski definition) is 3. The van der Waals surface area contributed by atoms with Gasteiger partial charge in [0.15, 0.2) is 0 Å². The zero-order valence-electron chi connectivity index (χ0n) is 5.31. The van der Waals surface area contributed by atoms with Crippen LogP contribution in [0.15, 0.2) is 0 Å². The van der Waals surface area contributed by atoms with Gasteiger partial charge in [0, 0.05) is 13.2 Å². The van der Waals surface area contributed by atoms with E-state index < -0.39 is 0 Å². The van der Waals surface area contributed by atoms with E-state index in [2.05, 4.69) is 0 Å². The lowest BCUT2D eigenvalue weighted by Gasteiger charge is -1.52. The molecule has 0 amide bonds. The summed E-state index contributed by atoms with van der Waals surface area (Å²) in [6.07, 6.45) is 0. The molecule has 6 N–H and O–H groups in total. The van der Waals surface area contributed by atoms with Gasteiger partial charge in [0.25, 0.3) is 0 Å². The minimum atomic E-state index is 0. The van der Waals surface area contributed by atoms with Crippen molar-refractivity contribution < 1.29 is 10.2 Å². The molecule has 0 aromatic carbocycles. The molecule has 0 spiro atoms. The van der Waals surface area contributed by atoms with E-state index >= 15 is 0 Å². The summed E-state index contributed by atoms with van der Waals surface area (Å²) in [5, 5.41) is 15.1. The van der Waals surface area contributed by atoms with E-state index in [0.29, 0.717) is 0 Å². The summed E-state index contributed by atoms with van der Waals surface area (Å²) in [6.45, 7) is 3.86. The van der Waals surface area contributed by atoms with Crippen LogP contribution in [0.25, 0.3) is 0 Å². The van der Waals surface area contributed by atoms with E-state index in [1.165, 1.54) is 0 Å². The Labute approximate surface area is 44.6 Å². The van der Waals surface area contributed by atoms with Crippen molar-refractivity contribution in [2.24, 2.45) is 0 Å². The minimum Gasteiger partial charge on any atom is -0.397 e. The fourth-order valence-corrected chi connectivity index (χ4v) is 0. The van der Waals surface area contributed by atoms with Crippen molar-refractivity contribution in [3.8, 4) is 0 Å². The molecule has 0 fully saturated rings. The normalized spacial score (nSPS) is 5.14. The zero-order valence-corrected chi connectivity index (χ0v) is 5.31. The highest BCUT2D eigenvalue weighted by molar-refractivity contribution is 3.84. The molecule has 0 aliphatic heterocycles. The van der Waals surface area contributed by atoms with Crippen molar-refractivity contribution in [3.05, 3.63) is 0 Å². The average molecular weight is 110 g/mol. The standard InChI is InChI=1S/2C2H6O.H3N/c2*1-2-3;/h2*3H,2H2,1H3;1H3/p+1. The monoisotopic (exact) mass is 110 g/mol. The van der Waals surface area contributed by atoms with Gasteiger partial charge >= 0.3 is 0 Å². The molecule has 0 saturated carbocycles. The fourth-order valence-electron chi connectivity index (χ4n) is 0. The molecule has 48 valence electrons. The van der Waals surface area contributed by atoms with Gasteiger partial charge in [0.05, 0.1) is 0 Å². The van der Waals surface area contributed by atoms with Crippen molar-refractivity contribution in [2.45, 2.75) is 13.8 Å². The second-order valence-electron chi connectivity index (χ2n) is 0.632. The molecule has 3 nitrogen and oxygen atoms in total. The Morgan fingerprint density at radius 2 is 1.00 bits per heavy atom. The molecule has 0 radical (unpaired) electrons. The second kappa shape index (κ2) is 39.6. The van der Waals surface area contributed by atoms with Gasteiger partial charge in [0.1, 0.15) is 0 Å². The first-order valence-electron chi connectivity index (χ1n) is 2.05. The molecule has 0 saturated heterocycles. The van der Waals surface area contributed by atoms with Gasteiger partial charge in [0.2, 0.25) is 0 Å². The number of quaternary nitrogens is 1. The Bertz CT molecular complexity index is 11.7. The predicted molar refractivity (Wildman–Crippen MR) is 31.5 cm³/mol. The summed E-state index contributed by atoms with van der Waals surface area (Å²) in [5.41, 5.74) is 0. The topological polar surface area (TPSA) is 77.0 Å². The first-order valence-corrected chi connectivity index (χ1v) is 2.05.